The van der Waals surface area contributed by atoms with Crippen LogP contribution in [-0.4, -0.2) is 13.4 Å². The van der Waals surface area contributed by atoms with Crippen molar-refractivity contribution in [1.29, 1.82) is 0 Å². The number of aldehydes is 1. The summed E-state index contributed by atoms with van der Waals surface area (Å²) in [4.78, 5) is 10.9. The van der Waals surface area contributed by atoms with E-state index in [0.29, 0.717) is 23.7 Å². The van der Waals surface area contributed by atoms with Crippen molar-refractivity contribution >= 4 is 28.9 Å². The second-order valence-electron chi connectivity index (χ2n) is 3.89. The largest absolute Gasteiger partial charge is 0.492 e. The van der Waals surface area contributed by atoms with Crippen LogP contribution in [0.3, 0.4) is 0 Å². The Morgan fingerprint density at radius 2 is 1.89 bits per heavy atom. The Morgan fingerprint density at radius 1 is 1.16 bits per heavy atom. The third-order valence-electron chi connectivity index (χ3n) is 2.66. The van der Waals surface area contributed by atoms with E-state index in [1.807, 2.05) is 30.3 Å². The smallest absolute Gasteiger partial charge is 0.174 e. The van der Waals surface area contributed by atoms with Gasteiger partial charge in [-0.2, -0.15) is 0 Å². The van der Waals surface area contributed by atoms with E-state index in [1.165, 1.54) is 0 Å². The zero-order chi connectivity index (χ0) is 13.7. The van der Waals surface area contributed by atoms with Crippen LogP contribution < -0.4 is 9.47 Å². The first kappa shape index (κ1) is 13.9. The molecule has 0 fully saturated rings. The molecule has 19 heavy (non-hydrogen) atoms. The molecule has 2 aromatic carbocycles. The first-order valence-corrected chi connectivity index (χ1v) is 6.82. The summed E-state index contributed by atoms with van der Waals surface area (Å²) >= 11 is 2.08. The number of benzene rings is 2. The predicted molar refractivity (Wildman–Crippen MR) is 81.9 cm³/mol. The summed E-state index contributed by atoms with van der Waals surface area (Å²) in [6.45, 7) is 0.466. The molecule has 3 nitrogen and oxygen atoms in total. The number of carbonyl (C=O) groups is 1. The van der Waals surface area contributed by atoms with Gasteiger partial charge >= 0.3 is 0 Å². The Labute approximate surface area is 125 Å². The minimum absolute atomic E-state index is 0.466. The van der Waals surface area contributed by atoms with Crippen LogP contribution >= 0.6 is 22.6 Å². The fourth-order valence-corrected chi connectivity index (χ4v) is 2.48. The number of rotatable bonds is 5. The molecule has 0 N–H and O–H groups in total. The molecule has 0 bridgehead atoms. The Hall–Kier alpha value is -1.56. The second-order valence-corrected chi connectivity index (χ2v) is 4.97. The molecular weight excluding hydrogens is 355 g/mol. The van der Waals surface area contributed by atoms with E-state index in [-0.39, 0.29) is 0 Å². The molecule has 0 spiro atoms. The van der Waals surface area contributed by atoms with Crippen molar-refractivity contribution < 1.29 is 14.3 Å². The van der Waals surface area contributed by atoms with E-state index in [1.54, 1.807) is 19.2 Å². The van der Waals surface area contributed by atoms with Gasteiger partial charge in [0.15, 0.2) is 17.8 Å². The minimum Gasteiger partial charge on any atom is -0.492 e. The molecule has 0 amide bonds. The molecule has 0 aliphatic rings. The molecule has 0 aromatic heterocycles. The molecule has 0 unspecified atom stereocenters. The molecule has 0 atom stereocenters. The van der Waals surface area contributed by atoms with Gasteiger partial charge in [-0.3, -0.25) is 4.79 Å². The van der Waals surface area contributed by atoms with Crippen LogP contribution in [0.25, 0.3) is 0 Å². The van der Waals surface area contributed by atoms with E-state index >= 15 is 0 Å². The highest BCUT2D eigenvalue weighted by Gasteiger charge is 2.12. The lowest BCUT2D eigenvalue weighted by Gasteiger charge is -2.13. The maximum absolute atomic E-state index is 10.9. The molecule has 0 aliphatic heterocycles. The van der Waals surface area contributed by atoms with Gasteiger partial charge in [0.25, 0.3) is 0 Å². The Bertz CT molecular complexity index is 567. The third-order valence-corrected chi connectivity index (χ3v) is 3.77. The van der Waals surface area contributed by atoms with E-state index in [2.05, 4.69) is 22.6 Å². The maximum atomic E-state index is 10.9. The Kier molecular flexibility index (Phi) is 4.79. The van der Waals surface area contributed by atoms with Crippen LogP contribution in [-0.2, 0) is 6.61 Å². The highest BCUT2D eigenvalue weighted by Crippen LogP contribution is 2.34. The monoisotopic (exact) mass is 368 g/mol. The SMILES string of the molecule is COc1c(OCc2ccccc2)ccc(C=O)c1I. The highest BCUT2D eigenvalue weighted by molar-refractivity contribution is 14.1. The molecule has 4 heteroatoms. The molecule has 0 saturated heterocycles. The zero-order valence-corrected chi connectivity index (χ0v) is 12.6. The van der Waals surface area contributed by atoms with Gasteiger partial charge in [-0.15, -0.1) is 0 Å². The summed E-state index contributed by atoms with van der Waals surface area (Å²) in [5.41, 5.74) is 1.68. The lowest BCUT2D eigenvalue weighted by molar-refractivity contribution is 0.112. The number of halogens is 1. The van der Waals surface area contributed by atoms with Gasteiger partial charge in [0.05, 0.1) is 10.7 Å². The van der Waals surface area contributed by atoms with Crippen LogP contribution in [0, 0.1) is 3.57 Å². The third kappa shape index (κ3) is 3.26. The van der Waals surface area contributed by atoms with Crippen molar-refractivity contribution in [2.24, 2.45) is 0 Å². The molecule has 0 heterocycles. The highest BCUT2D eigenvalue weighted by atomic mass is 127. The number of hydrogen-bond donors (Lipinski definition) is 0. The van der Waals surface area contributed by atoms with Crippen LogP contribution in [0.1, 0.15) is 15.9 Å². The van der Waals surface area contributed by atoms with Crippen molar-refractivity contribution in [1.82, 2.24) is 0 Å². The molecule has 0 saturated carbocycles. The van der Waals surface area contributed by atoms with E-state index < -0.39 is 0 Å². The van der Waals surface area contributed by atoms with Crippen molar-refractivity contribution in [2.75, 3.05) is 7.11 Å². The number of hydrogen-bond acceptors (Lipinski definition) is 3. The van der Waals surface area contributed by atoms with Gasteiger partial charge < -0.3 is 9.47 Å². The quantitative estimate of drug-likeness (QED) is 0.597. The number of ether oxygens (including phenoxy) is 2. The zero-order valence-electron chi connectivity index (χ0n) is 10.4. The summed E-state index contributed by atoms with van der Waals surface area (Å²) < 4.78 is 11.8. The predicted octanol–water partition coefficient (Wildman–Crippen LogP) is 3.69. The van der Waals surface area contributed by atoms with Gasteiger partial charge in [-0.1, -0.05) is 30.3 Å². The maximum Gasteiger partial charge on any atom is 0.174 e. The fraction of sp³-hybridized carbons (Fsp3) is 0.133. The fourth-order valence-electron chi connectivity index (χ4n) is 1.68. The molecule has 0 aliphatic carbocycles. The van der Waals surface area contributed by atoms with Crippen LogP contribution in [0.2, 0.25) is 0 Å². The van der Waals surface area contributed by atoms with Gasteiger partial charge in [0.1, 0.15) is 6.61 Å². The minimum atomic E-state index is 0.466. The lowest BCUT2D eigenvalue weighted by atomic mass is 10.2. The second kappa shape index (κ2) is 6.56. The van der Waals surface area contributed by atoms with Crippen LogP contribution in [0.15, 0.2) is 42.5 Å². The van der Waals surface area contributed by atoms with Crippen molar-refractivity contribution in [2.45, 2.75) is 6.61 Å². The van der Waals surface area contributed by atoms with Crippen LogP contribution in [0.4, 0.5) is 0 Å². The van der Waals surface area contributed by atoms with Crippen molar-refractivity contribution in [3.63, 3.8) is 0 Å². The average Bonchev–Trinajstić information content (AvgIpc) is 2.46. The summed E-state index contributed by atoms with van der Waals surface area (Å²) in [6.07, 6.45) is 0.811. The standard InChI is InChI=1S/C15H13IO3/c1-18-15-13(8-7-12(9-17)14(15)16)19-10-11-5-3-2-4-6-11/h2-9H,10H2,1H3. The first-order chi connectivity index (χ1) is 9.26. The summed E-state index contributed by atoms with van der Waals surface area (Å²) in [6, 6.07) is 13.4. The van der Waals surface area contributed by atoms with Crippen molar-refractivity contribution in [3.8, 4) is 11.5 Å². The van der Waals surface area contributed by atoms with Gasteiger partial charge in [-0.25, -0.2) is 0 Å². The topological polar surface area (TPSA) is 35.5 Å². The summed E-state index contributed by atoms with van der Waals surface area (Å²) in [5.74, 6) is 1.24. The molecule has 2 aromatic rings. The van der Waals surface area contributed by atoms with Crippen molar-refractivity contribution in [3.05, 3.63) is 57.2 Å². The summed E-state index contributed by atoms with van der Waals surface area (Å²) in [7, 11) is 1.57. The Morgan fingerprint density at radius 3 is 2.53 bits per heavy atom. The van der Waals surface area contributed by atoms with Gasteiger partial charge in [0, 0.05) is 5.56 Å². The van der Waals surface area contributed by atoms with Gasteiger partial charge in [-0.05, 0) is 40.3 Å². The average molecular weight is 368 g/mol. The van der Waals surface area contributed by atoms with Crippen LogP contribution in [0.5, 0.6) is 11.5 Å². The lowest BCUT2D eigenvalue weighted by Crippen LogP contribution is -2.00. The number of methoxy groups -OCH3 is 1. The summed E-state index contributed by atoms with van der Waals surface area (Å²) in [5, 5.41) is 0. The van der Waals surface area contributed by atoms with E-state index in [4.69, 9.17) is 9.47 Å². The van der Waals surface area contributed by atoms with E-state index in [0.717, 1.165) is 15.4 Å². The molecule has 0 radical (unpaired) electrons. The van der Waals surface area contributed by atoms with E-state index in [9.17, 15) is 4.79 Å². The number of carbonyl (C=O) groups excluding carboxylic acids is 1. The van der Waals surface area contributed by atoms with Gasteiger partial charge in [0.2, 0.25) is 0 Å². The molecule has 98 valence electrons. The normalized spacial score (nSPS) is 10.0. The first-order valence-electron chi connectivity index (χ1n) is 5.74. The molecule has 2 rings (SSSR count). The Balaban J connectivity index is 2.21. The molecular formula is C15H13IO3.